The fourth-order valence-electron chi connectivity index (χ4n) is 7.99. The van der Waals surface area contributed by atoms with Crippen molar-refractivity contribution in [3.8, 4) is 33.9 Å². The smallest absolute Gasteiger partial charge is 0.161 e. The molecule has 4 heterocycles. The van der Waals surface area contributed by atoms with Crippen LogP contribution in [0.15, 0.2) is 170 Å². The molecule has 0 radical (unpaired) electrons. The normalized spacial score (nSPS) is 11.9. The summed E-state index contributed by atoms with van der Waals surface area (Å²) in [7, 11) is 0. The van der Waals surface area contributed by atoms with Crippen LogP contribution in [0.5, 0.6) is 0 Å². The number of aromatic nitrogens is 4. The van der Waals surface area contributed by atoms with E-state index >= 15 is 0 Å². The number of benzene rings is 7. The fraction of sp³-hybridized carbons (Fsp3) is 0. The average molecular weight is 669 g/mol. The standard InChI is InChI=1S/C46H28N4S/c1-2-13-29(14-3-1)31-19-12-20-35-34-17-6-8-21-38(34)49(45(31)35)30-25-26-42-37(27-30)44-43(51-42)28-47-46(48-44)36-18-7-11-24-41(36)50-39-22-9-4-15-32(39)33-16-5-10-23-40(33)50/h1-28H. The van der Waals surface area contributed by atoms with E-state index in [2.05, 4.69) is 173 Å². The monoisotopic (exact) mass is 668 g/mol. The number of para-hydroxylation sites is 5. The zero-order valence-corrected chi connectivity index (χ0v) is 28.2. The molecular weight excluding hydrogens is 641 g/mol. The summed E-state index contributed by atoms with van der Waals surface area (Å²) in [6, 6.07) is 58.6. The average Bonchev–Trinajstić information content (AvgIpc) is 3.85. The molecule has 7 aromatic carbocycles. The number of fused-ring (bicyclic) bond motifs is 9. The Labute approximate surface area is 297 Å². The molecule has 0 spiro atoms. The van der Waals surface area contributed by atoms with Gasteiger partial charge < -0.3 is 9.13 Å². The summed E-state index contributed by atoms with van der Waals surface area (Å²) in [6.07, 6.45) is 2.00. The molecule has 4 nitrogen and oxygen atoms in total. The molecule has 0 atom stereocenters. The molecule has 4 aromatic heterocycles. The molecule has 0 fully saturated rings. The van der Waals surface area contributed by atoms with Gasteiger partial charge in [-0.05, 0) is 54.1 Å². The van der Waals surface area contributed by atoms with Gasteiger partial charge in [0.25, 0.3) is 0 Å². The van der Waals surface area contributed by atoms with Crippen molar-refractivity contribution in [3.63, 3.8) is 0 Å². The summed E-state index contributed by atoms with van der Waals surface area (Å²) in [4.78, 5) is 10.3. The molecule has 0 N–H and O–H groups in total. The molecule has 5 heteroatoms. The first kappa shape index (κ1) is 28.3. The maximum absolute atomic E-state index is 5.35. The van der Waals surface area contributed by atoms with Gasteiger partial charge >= 0.3 is 0 Å². The lowest BCUT2D eigenvalue weighted by atomic mass is 10.0. The molecule has 0 unspecified atom stereocenters. The van der Waals surface area contributed by atoms with E-state index in [1.54, 1.807) is 11.3 Å². The van der Waals surface area contributed by atoms with Gasteiger partial charge in [-0.25, -0.2) is 9.97 Å². The summed E-state index contributed by atoms with van der Waals surface area (Å²) >= 11 is 1.75. The van der Waals surface area contributed by atoms with E-state index in [0.717, 1.165) is 32.5 Å². The molecule has 0 amide bonds. The Morgan fingerprint density at radius 3 is 1.82 bits per heavy atom. The second kappa shape index (κ2) is 11.0. The van der Waals surface area contributed by atoms with Crippen molar-refractivity contribution in [2.75, 3.05) is 0 Å². The summed E-state index contributed by atoms with van der Waals surface area (Å²) in [5, 5.41) is 6.08. The van der Waals surface area contributed by atoms with Gasteiger partial charge in [0.15, 0.2) is 5.82 Å². The second-order valence-corrected chi connectivity index (χ2v) is 14.1. The second-order valence-electron chi connectivity index (χ2n) is 13.0. The minimum absolute atomic E-state index is 0.716. The van der Waals surface area contributed by atoms with Gasteiger partial charge in [0.1, 0.15) is 0 Å². The highest BCUT2D eigenvalue weighted by atomic mass is 32.1. The molecule has 51 heavy (non-hydrogen) atoms. The highest BCUT2D eigenvalue weighted by Crippen LogP contribution is 2.41. The number of hydrogen-bond acceptors (Lipinski definition) is 3. The topological polar surface area (TPSA) is 35.6 Å². The van der Waals surface area contributed by atoms with E-state index in [1.165, 1.54) is 59.4 Å². The first-order chi connectivity index (χ1) is 25.3. The molecule has 0 aliphatic carbocycles. The number of rotatable bonds is 4. The van der Waals surface area contributed by atoms with Gasteiger partial charge in [0.2, 0.25) is 0 Å². The van der Waals surface area contributed by atoms with Crippen molar-refractivity contribution >= 4 is 75.3 Å². The molecule has 0 bridgehead atoms. The van der Waals surface area contributed by atoms with Crippen LogP contribution in [-0.4, -0.2) is 19.1 Å². The van der Waals surface area contributed by atoms with Crippen molar-refractivity contribution in [1.82, 2.24) is 19.1 Å². The van der Waals surface area contributed by atoms with Crippen molar-refractivity contribution in [2.45, 2.75) is 0 Å². The van der Waals surface area contributed by atoms with E-state index < -0.39 is 0 Å². The highest BCUT2D eigenvalue weighted by Gasteiger charge is 2.20. The van der Waals surface area contributed by atoms with E-state index in [-0.39, 0.29) is 0 Å². The van der Waals surface area contributed by atoms with Crippen LogP contribution in [-0.2, 0) is 0 Å². The highest BCUT2D eigenvalue weighted by molar-refractivity contribution is 7.25. The van der Waals surface area contributed by atoms with Gasteiger partial charge in [0.05, 0.1) is 38.0 Å². The summed E-state index contributed by atoms with van der Waals surface area (Å²) in [5.41, 5.74) is 11.3. The van der Waals surface area contributed by atoms with Crippen LogP contribution in [0.2, 0.25) is 0 Å². The molecule has 0 aliphatic heterocycles. The predicted molar refractivity (Wildman–Crippen MR) is 214 cm³/mol. The summed E-state index contributed by atoms with van der Waals surface area (Å²) in [5.74, 6) is 0.716. The lowest BCUT2D eigenvalue weighted by Gasteiger charge is -2.13. The van der Waals surface area contributed by atoms with Crippen LogP contribution in [0.3, 0.4) is 0 Å². The number of hydrogen-bond donors (Lipinski definition) is 0. The van der Waals surface area contributed by atoms with Crippen LogP contribution in [0.4, 0.5) is 0 Å². The van der Waals surface area contributed by atoms with E-state index in [0.29, 0.717) is 5.82 Å². The van der Waals surface area contributed by atoms with Crippen molar-refractivity contribution < 1.29 is 0 Å². The van der Waals surface area contributed by atoms with Crippen molar-refractivity contribution in [2.24, 2.45) is 0 Å². The minimum atomic E-state index is 0.716. The molecule has 0 aliphatic rings. The zero-order valence-electron chi connectivity index (χ0n) is 27.4. The van der Waals surface area contributed by atoms with E-state index in [1.807, 2.05) is 6.20 Å². The quantitative estimate of drug-likeness (QED) is 0.187. The Balaban J connectivity index is 1.14. The van der Waals surface area contributed by atoms with Crippen LogP contribution in [0, 0.1) is 0 Å². The van der Waals surface area contributed by atoms with Gasteiger partial charge in [-0.2, -0.15) is 0 Å². The van der Waals surface area contributed by atoms with Crippen LogP contribution < -0.4 is 0 Å². The Kier molecular flexibility index (Phi) is 6.09. The fourth-order valence-corrected chi connectivity index (χ4v) is 8.99. The van der Waals surface area contributed by atoms with Crippen molar-refractivity contribution in [3.05, 3.63) is 170 Å². The molecule has 0 saturated carbocycles. The summed E-state index contributed by atoms with van der Waals surface area (Å²) in [6.45, 7) is 0. The first-order valence-electron chi connectivity index (χ1n) is 17.2. The Bertz CT molecular complexity index is 3090. The summed E-state index contributed by atoms with van der Waals surface area (Å²) < 4.78 is 7.05. The Morgan fingerprint density at radius 2 is 1.06 bits per heavy atom. The largest absolute Gasteiger partial charge is 0.309 e. The maximum Gasteiger partial charge on any atom is 0.161 e. The molecule has 11 aromatic rings. The predicted octanol–water partition coefficient (Wildman–Crippen LogP) is 12.4. The maximum atomic E-state index is 5.35. The zero-order chi connectivity index (χ0) is 33.5. The van der Waals surface area contributed by atoms with Gasteiger partial charge in [-0.1, -0.05) is 115 Å². The lowest BCUT2D eigenvalue weighted by Crippen LogP contribution is -1.99. The minimum Gasteiger partial charge on any atom is -0.309 e. The SMILES string of the molecule is c1ccc(-c2cccc3c4ccccc4n(-c4ccc5sc6cnc(-c7ccccc7-n7c8ccccc8c8ccccc87)nc6c5c4)c23)cc1. The van der Waals surface area contributed by atoms with Gasteiger partial charge in [-0.3, -0.25) is 0 Å². The third-order valence-corrected chi connectivity index (χ3v) is 11.3. The first-order valence-corrected chi connectivity index (χ1v) is 18.0. The van der Waals surface area contributed by atoms with E-state index in [9.17, 15) is 0 Å². The molecule has 11 rings (SSSR count). The molecule has 238 valence electrons. The Hall–Kier alpha value is -6.56. The van der Waals surface area contributed by atoms with E-state index in [4.69, 9.17) is 9.97 Å². The molecule has 0 saturated heterocycles. The van der Waals surface area contributed by atoms with Crippen LogP contribution in [0.1, 0.15) is 0 Å². The number of thiophene rings is 1. The van der Waals surface area contributed by atoms with Gasteiger partial charge in [-0.15, -0.1) is 11.3 Å². The van der Waals surface area contributed by atoms with Crippen LogP contribution >= 0.6 is 11.3 Å². The lowest BCUT2D eigenvalue weighted by molar-refractivity contribution is 1.15. The third kappa shape index (κ3) is 4.19. The van der Waals surface area contributed by atoms with Crippen LogP contribution in [0.25, 0.3) is 97.8 Å². The third-order valence-electron chi connectivity index (χ3n) is 10.2. The Morgan fingerprint density at radius 1 is 0.451 bits per heavy atom. The van der Waals surface area contributed by atoms with Gasteiger partial charge in [0, 0.05) is 54.6 Å². The molecular formula is C46H28N4S. The number of nitrogens with zero attached hydrogens (tertiary/aromatic N) is 4. The van der Waals surface area contributed by atoms with Crippen molar-refractivity contribution in [1.29, 1.82) is 0 Å².